The minimum Gasteiger partial charge on any atom is -0.396 e. The summed E-state index contributed by atoms with van der Waals surface area (Å²) < 4.78 is 0. The van der Waals surface area contributed by atoms with Gasteiger partial charge in [-0.05, 0) is 37.1 Å². The minimum absolute atomic E-state index is 0.196. The van der Waals surface area contributed by atoms with Crippen LogP contribution in [0.5, 0.6) is 0 Å². The first-order chi connectivity index (χ1) is 8.26. The molecule has 0 radical (unpaired) electrons. The lowest BCUT2D eigenvalue weighted by Gasteiger charge is -2.23. The van der Waals surface area contributed by atoms with Crippen LogP contribution in [-0.2, 0) is 6.42 Å². The van der Waals surface area contributed by atoms with Gasteiger partial charge in [-0.15, -0.1) is 11.8 Å². The fourth-order valence-corrected chi connectivity index (χ4v) is 3.55. The summed E-state index contributed by atoms with van der Waals surface area (Å²) in [5.41, 5.74) is 2.72. The molecule has 2 N–H and O–H groups in total. The van der Waals surface area contributed by atoms with Gasteiger partial charge in [0.15, 0.2) is 0 Å². The molecule has 2 atom stereocenters. The zero-order chi connectivity index (χ0) is 12.3. The van der Waals surface area contributed by atoms with E-state index in [9.17, 15) is 5.11 Å². The Kier molecular flexibility index (Phi) is 4.48. The Morgan fingerprint density at radius 1 is 1.47 bits per heavy atom. The second kappa shape index (κ2) is 5.89. The number of benzene rings is 1. The molecule has 0 bridgehead atoms. The van der Waals surface area contributed by atoms with Crippen molar-refractivity contribution in [1.29, 1.82) is 0 Å². The Morgan fingerprint density at radius 2 is 2.29 bits per heavy atom. The van der Waals surface area contributed by atoms with Crippen molar-refractivity contribution in [3.05, 3.63) is 29.3 Å². The molecule has 0 spiro atoms. The maximum atomic E-state index is 9.58. The van der Waals surface area contributed by atoms with E-state index >= 15 is 0 Å². The van der Waals surface area contributed by atoms with Crippen LogP contribution in [0.3, 0.4) is 0 Å². The number of rotatable bonds is 5. The van der Waals surface area contributed by atoms with E-state index in [2.05, 4.69) is 37.4 Å². The van der Waals surface area contributed by atoms with Crippen molar-refractivity contribution in [2.24, 2.45) is 0 Å². The van der Waals surface area contributed by atoms with Crippen LogP contribution in [0.15, 0.2) is 23.1 Å². The van der Waals surface area contributed by atoms with Crippen LogP contribution >= 0.6 is 11.8 Å². The maximum Gasteiger partial charge on any atom is 0.0514 e. The van der Waals surface area contributed by atoms with Crippen LogP contribution in [0, 0.1) is 0 Å². The highest BCUT2D eigenvalue weighted by Gasteiger charge is 2.20. The van der Waals surface area contributed by atoms with Crippen molar-refractivity contribution in [3.63, 3.8) is 0 Å². The van der Waals surface area contributed by atoms with Gasteiger partial charge in [0.05, 0.1) is 6.61 Å². The fourth-order valence-electron chi connectivity index (χ4n) is 2.43. The number of aliphatic hydroxyl groups excluding tert-OH is 1. The average Bonchev–Trinajstić information content (AvgIpc) is 2.77. The number of hydrogen-bond donors (Lipinski definition) is 2. The number of aliphatic hydroxyl groups is 1. The van der Waals surface area contributed by atoms with Gasteiger partial charge in [-0.2, -0.15) is 0 Å². The number of thioether (sulfide) groups is 1. The highest BCUT2D eigenvalue weighted by Crippen LogP contribution is 2.34. The fraction of sp³-hybridized carbons (Fsp3) is 0.571. The van der Waals surface area contributed by atoms with Gasteiger partial charge < -0.3 is 10.4 Å². The Bertz CT molecular complexity index is 380. The van der Waals surface area contributed by atoms with E-state index in [1.807, 2.05) is 11.8 Å². The zero-order valence-corrected chi connectivity index (χ0v) is 11.4. The first kappa shape index (κ1) is 12.9. The molecule has 2 nitrogen and oxygen atoms in total. The molecule has 0 saturated carbocycles. The summed E-state index contributed by atoms with van der Waals surface area (Å²) in [4.78, 5) is 1.41. The summed E-state index contributed by atoms with van der Waals surface area (Å²) in [6.07, 6.45) is 1.19. The third kappa shape index (κ3) is 2.84. The third-order valence-electron chi connectivity index (χ3n) is 3.47. The molecule has 1 aliphatic rings. The van der Waals surface area contributed by atoms with Crippen LogP contribution < -0.4 is 5.32 Å². The van der Waals surface area contributed by atoms with Crippen LogP contribution in [0.1, 0.15) is 30.9 Å². The van der Waals surface area contributed by atoms with Gasteiger partial charge >= 0.3 is 0 Å². The molecule has 17 heavy (non-hydrogen) atoms. The quantitative estimate of drug-likeness (QED) is 0.843. The van der Waals surface area contributed by atoms with E-state index < -0.39 is 0 Å². The van der Waals surface area contributed by atoms with E-state index in [0.29, 0.717) is 6.04 Å². The van der Waals surface area contributed by atoms with Crippen molar-refractivity contribution in [2.45, 2.75) is 37.1 Å². The largest absolute Gasteiger partial charge is 0.396 e. The van der Waals surface area contributed by atoms with Crippen molar-refractivity contribution < 1.29 is 5.11 Å². The van der Waals surface area contributed by atoms with E-state index in [1.54, 1.807) is 0 Å². The lowest BCUT2D eigenvalue weighted by molar-refractivity contribution is 0.241. The van der Waals surface area contributed by atoms with Gasteiger partial charge in [-0.25, -0.2) is 0 Å². The standard InChI is InChI=1S/C14H21NOS/c1-3-15-10(2)13(9-16)12-5-4-11-6-7-17-14(11)8-12/h4-5,8,10,13,15-16H,3,6-7,9H2,1-2H3. The molecule has 0 fully saturated rings. The number of likely N-dealkylation sites (N-methyl/N-ethyl adjacent to an activating group) is 1. The smallest absolute Gasteiger partial charge is 0.0514 e. The Morgan fingerprint density at radius 3 is 3.00 bits per heavy atom. The molecule has 0 saturated heterocycles. The molecule has 0 amide bonds. The molecule has 0 aromatic heterocycles. The topological polar surface area (TPSA) is 32.3 Å². The summed E-state index contributed by atoms with van der Waals surface area (Å²) in [7, 11) is 0. The summed E-state index contributed by atoms with van der Waals surface area (Å²) in [6.45, 7) is 5.39. The molecular formula is C14H21NOS. The normalized spacial score (nSPS) is 17.8. The second-order valence-electron chi connectivity index (χ2n) is 4.60. The average molecular weight is 251 g/mol. The maximum absolute atomic E-state index is 9.58. The van der Waals surface area contributed by atoms with Gasteiger partial charge in [0.2, 0.25) is 0 Å². The monoisotopic (exact) mass is 251 g/mol. The molecule has 0 aliphatic carbocycles. The van der Waals surface area contributed by atoms with E-state index in [1.165, 1.54) is 28.2 Å². The molecule has 1 heterocycles. The van der Waals surface area contributed by atoms with Gasteiger partial charge in [-0.1, -0.05) is 19.1 Å². The highest BCUT2D eigenvalue weighted by atomic mass is 32.2. The first-order valence-corrected chi connectivity index (χ1v) is 7.34. The molecule has 1 aromatic rings. The molecule has 94 valence electrons. The van der Waals surface area contributed by atoms with Crippen LogP contribution in [-0.4, -0.2) is 30.1 Å². The van der Waals surface area contributed by atoms with Crippen LogP contribution in [0.4, 0.5) is 0 Å². The van der Waals surface area contributed by atoms with E-state index in [0.717, 1.165) is 6.54 Å². The third-order valence-corrected chi connectivity index (χ3v) is 4.57. The Balaban J connectivity index is 2.19. The number of hydrogen-bond acceptors (Lipinski definition) is 3. The summed E-state index contributed by atoms with van der Waals surface area (Å²) in [5.74, 6) is 1.40. The number of nitrogens with one attached hydrogen (secondary N) is 1. The second-order valence-corrected chi connectivity index (χ2v) is 5.74. The molecule has 2 unspecified atom stereocenters. The van der Waals surface area contributed by atoms with E-state index in [-0.39, 0.29) is 12.5 Å². The molecule has 3 heteroatoms. The molecular weight excluding hydrogens is 230 g/mol. The first-order valence-electron chi connectivity index (χ1n) is 6.36. The lowest BCUT2D eigenvalue weighted by atomic mass is 9.92. The van der Waals surface area contributed by atoms with Gasteiger partial charge in [0.25, 0.3) is 0 Å². The number of aryl methyl sites for hydroxylation is 1. The minimum atomic E-state index is 0.196. The van der Waals surface area contributed by atoms with Gasteiger partial charge in [-0.3, -0.25) is 0 Å². The zero-order valence-electron chi connectivity index (χ0n) is 10.6. The van der Waals surface area contributed by atoms with Crippen molar-refractivity contribution >= 4 is 11.8 Å². The predicted octanol–water partition coefficient (Wildman–Crippen LogP) is 2.41. The summed E-state index contributed by atoms with van der Waals surface area (Å²) in [5, 5.41) is 13.0. The van der Waals surface area contributed by atoms with Crippen molar-refractivity contribution in [1.82, 2.24) is 5.32 Å². The Labute approximate surface area is 108 Å². The van der Waals surface area contributed by atoms with Crippen LogP contribution in [0.2, 0.25) is 0 Å². The lowest BCUT2D eigenvalue weighted by Crippen LogP contribution is -2.33. The number of fused-ring (bicyclic) bond motifs is 1. The van der Waals surface area contributed by atoms with Crippen LogP contribution in [0.25, 0.3) is 0 Å². The summed E-state index contributed by atoms with van der Waals surface area (Å²) in [6, 6.07) is 6.99. The molecule has 1 aliphatic heterocycles. The van der Waals surface area contributed by atoms with Gasteiger partial charge in [0, 0.05) is 22.6 Å². The highest BCUT2D eigenvalue weighted by molar-refractivity contribution is 7.99. The molecule has 1 aromatic carbocycles. The SMILES string of the molecule is CCNC(C)C(CO)c1ccc2c(c1)SCC2. The van der Waals surface area contributed by atoms with Crippen molar-refractivity contribution in [2.75, 3.05) is 18.9 Å². The Hall–Kier alpha value is -0.510. The van der Waals surface area contributed by atoms with E-state index in [4.69, 9.17) is 0 Å². The summed E-state index contributed by atoms with van der Waals surface area (Å²) >= 11 is 1.93. The van der Waals surface area contributed by atoms with Gasteiger partial charge in [0.1, 0.15) is 0 Å². The predicted molar refractivity (Wildman–Crippen MR) is 73.8 cm³/mol. The van der Waals surface area contributed by atoms with Crippen molar-refractivity contribution in [3.8, 4) is 0 Å². The molecule has 2 rings (SSSR count).